The molecular formula is C26H32N2O6. The van der Waals surface area contributed by atoms with Crippen LogP contribution in [0.15, 0.2) is 24.3 Å². The fraction of sp³-hybridized carbons (Fsp3) is 0.615. The Kier molecular flexibility index (Phi) is 6.08. The van der Waals surface area contributed by atoms with Crippen molar-refractivity contribution in [3.05, 3.63) is 29.8 Å². The molecule has 2 amide bonds. The van der Waals surface area contributed by atoms with Crippen molar-refractivity contribution >= 4 is 29.4 Å². The van der Waals surface area contributed by atoms with E-state index in [0.29, 0.717) is 42.0 Å². The number of hydrogen-bond donors (Lipinski definition) is 1. The Morgan fingerprint density at radius 1 is 1.06 bits per heavy atom. The fourth-order valence-corrected chi connectivity index (χ4v) is 7.20. The molecule has 1 heterocycles. The van der Waals surface area contributed by atoms with Crippen LogP contribution in [-0.2, 0) is 23.9 Å². The summed E-state index contributed by atoms with van der Waals surface area (Å²) in [6.07, 6.45) is 8.00. The first-order valence-corrected chi connectivity index (χ1v) is 12.3. The van der Waals surface area contributed by atoms with Gasteiger partial charge >= 0.3 is 11.9 Å². The number of rotatable bonds is 6. The number of nitrogens with one attached hydrogen (secondary N) is 1. The van der Waals surface area contributed by atoms with E-state index in [0.717, 1.165) is 25.7 Å². The molecule has 5 fully saturated rings. The monoisotopic (exact) mass is 468 g/mol. The third-order valence-corrected chi connectivity index (χ3v) is 8.19. The first kappa shape index (κ1) is 22.9. The Hall–Kier alpha value is -2.90. The molecule has 5 aliphatic rings. The summed E-state index contributed by atoms with van der Waals surface area (Å²) in [6.45, 7) is 0.129. The first-order chi connectivity index (χ1) is 16.4. The molecule has 1 N–H and O–H groups in total. The molecule has 1 aromatic carbocycles. The molecule has 182 valence electrons. The molecule has 0 radical (unpaired) electrons. The van der Waals surface area contributed by atoms with E-state index in [1.54, 1.807) is 23.1 Å². The predicted octanol–water partition coefficient (Wildman–Crippen LogP) is 3.16. The van der Waals surface area contributed by atoms with Crippen molar-refractivity contribution < 1.29 is 28.7 Å². The minimum atomic E-state index is -0.615. The molecule has 0 aromatic heterocycles. The summed E-state index contributed by atoms with van der Waals surface area (Å²) in [5, 5.41) is 2.63. The maximum Gasteiger partial charge on any atom is 0.337 e. The highest BCUT2D eigenvalue weighted by molar-refractivity contribution is 5.96. The number of hydrogen-bond acceptors (Lipinski definition) is 6. The number of likely N-dealkylation sites (tertiary alicyclic amines) is 1. The van der Waals surface area contributed by atoms with Crippen molar-refractivity contribution in [2.75, 3.05) is 25.6 Å². The zero-order valence-electron chi connectivity index (χ0n) is 19.6. The molecule has 8 heteroatoms. The lowest BCUT2D eigenvalue weighted by Gasteiger charge is -2.56. The van der Waals surface area contributed by atoms with Gasteiger partial charge in [0.05, 0.1) is 18.1 Å². The maximum absolute atomic E-state index is 13.7. The Morgan fingerprint density at radius 2 is 1.74 bits per heavy atom. The van der Waals surface area contributed by atoms with Gasteiger partial charge in [0.25, 0.3) is 5.91 Å². The van der Waals surface area contributed by atoms with Gasteiger partial charge in [0.2, 0.25) is 5.91 Å². The molecule has 1 aromatic rings. The number of carbonyl (C=O) groups is 4. The van der Waals surface area contributed by atoms with Gasteiger partial charge < -0.3 is 19.7 Å². The van der Waals surface area contributed by atoms with Crippen LogP contribution < -0.4 is 5.32 Å². The lowest BCUT2D eigenvalue weighted by molar-refractivity contribution is -0.165. The van der Waals surface area contributed by atoms with E-state index in [9.17, 15) is 19.2 Å². The minimum absolute atomic E-state index is 0.134. The average Bonchev–Trinajstić information content (AvgIpc) is 3.31. The Morgan fingerprint density at radius 3 is 2.38 bits per heavy atom. The van der Waals surface area contributed by atoms with Crippen molar-refractivity contribution in [3.8, 4) is 0 Å². The Bertz CT molecular complexity index is 969. The van der Waals surface area contributed by atoms with E-state index in [1.807, 2.05) is 0 Å². The van der Waals surface area contributed by atoms with Gasteiger partial charge in [-0.05, 0) is 87.3 Å². The first-order valence-electron chi connectivity index (χ1n) is 12.3. The normalized spacial score (nSPS) is 31.3. The van der Waals surface area contributed by atoms with Crippen LogP contribution in [-0.4, -0.2) is 55.0 Å². The molecule has 8 nitrogen and oxygen atoms in total. The van der Waals surface area contributed by atoms with Gasteiger partial charge in [0.1, 0.15) is 6.04 Å². The number of methoxy groups -OCH3 is 1. The van der Waals surface area contributed by atoms with Crippen LogP contribution in [0.25, 0.3) is 0 Å². The number of benzene rings is 1. The molecular weight excluding hydrogens is 436 g/mol. The lowest BCUT2D eigenvalue weighted by Crippen LogP contribution is -2.56. The molecule has 6 rings (SSSR count). The summed E-state index contributed by atoms with van der Waals surface area (Å²) in [7, 11) is 1.29. The van der Waals surface area contributed by atoms with Crippen molar-refractivity contribution in [1.29, 1.82) is 0 Å². The summed E-state index contributed by atoms with van der Waals surface area (Å²) in [5.74, 6) is 0.572. The third-order valence-electron chi connectivity index (χ3n) is 8.19. The van der Waals surface area contributed by atoms with E-state index in [4.69, 9.17) is 4.74 Å². The van der Waals surface area contributed by atoms with Gasteiger partial charge in [-0.25, -0.2) is 9.59 Å². The van der Waals surface area contributed by atoms with Gasteiger partial charge in [-0.2, -0.15) is 0 Å². The molecule has 34 heavy (non-hydrogen) atoms. The van der Waals surface area contributed by atoms with Crippen molar-refractivity contribution in [2.24, 2.45) is 23.2 Å². The smallest absolute Gasteiger partial charge is 0.337 e. The van der Waals surface area contributed by atoms with Crippen molar-refractivity contribution in [1.82, 2.24) is 4.90 Å². The lowest BCUT2D eigenvalue weighted by atomic mass is 9.49. The topological polar surface area (TPSA) is 102 Å². The standard InChI is InChI=1S/C26H32N2O6/c1-33-23(30)19-4-2-5-20(11-19)27-22(29)15-34-24(31)21-6-3-7-28(21)25(32)26-12-16-8-17(13-26)10-18(9-16)14-26/h2,4-5,11,16-18,21H,3,6-10,12-15H2,1H3,(H,27,29). The third kappa shape index (κ3) is 4.30. The van der Waals surface area contributed by atoms with Crippen LogP contribution >= 0.6 is 0 Å². The number of esters is 2. The van der Waals surface area contributed by atoms with Crippen LogP contribution in [0.3, 0.4) is 0 Å². The minimum Gasteiger partial charge on any atom is -0.465 e. The van der Waals surface area contributed by atoms with E-state index in [2.05, 4.69) is 10.1 Å². The quantitative estimate of drug-likeness (QED) is 0.644. The van der Waals surface area contributed by atoms with Gasteiger partial charge in [-0.3, -0.25) is 9.59 Å². The summed E-state index contributed by atoms with van der Waals surface area (Å²) < 4.78 is 10.0. The van der Waals surface area contributed by atoms with E-state index in [-0.39, 0.29) is 11.3 Å². The second-order valence-corrected chi connectivity index (χ2v) is 10.6. The number of nitrogens with zero attached hydrogens (tertiary/aromatic N) is 1. The van der Waals surface area contributed by atoms with E-state index >= 15 is 0 Å². The highest BCUT2D eigenvalue weighted by Crippen LogP contribution is 2.60. The second-order valence-electron chi connectivity index (χ2n) is 10.6. The summed E-state index contributed by atoms with van der Waals surface area (Å²) in [6, 6.07) is 5.72. The molecule has 1 unspecified atom stereocenters. The number of anilines is 1. The van der Waals surface area contributed by atoms with Gasteiger partial charge in [-0.1, -0.05) is 6.07 Å². The zero-order chi connectivity index (χ0) is 23.9. The Labute approximate surface area is 199 Å². The summed E-state index contributed by atoms with van der Waals surface area (Å²) in [4.78, 5) is 52.3. The number of amides is 2. The van der Waals surface area contributed by atoms with Crippen LogP contribution in [0, 0.1) is 23.2 Å². The van der Waals surface area contributed by atoms with Crippen molar-refractivity contribution in [2.45, 2.75) is 57.4 Å². The average molecular weight is 469 g/mol. The molecule has 4 bridgehead atoms. The molecule has 4 aliphatic carbocycles. The maximum atomic E-state index is 13.7. The second kappa shape index (κ2) is 9.04. The Balaban J connectivity index is 1.18. The summed E-state index contributed by atoms with van der Waals surface area (Å²) >= 11 is 0. The number of carbonyl (C=O) groups excluding carboxylic acids is 4. The molecule has 1 saturated heterocycles. The number of ether oxygens (including phenoxy) is 2. The van der Waals surface area contributed by atoms with Crippen LogP contribution in [0.1, 0.15) is 61.7 Å². The van der Waals surface area contributed by atoms with Crippen LogP contribution in [0.5, 0.6) is 0 Å². The van der Waals surface area contributed by atoms with Gasteiger partial charge in [0.15, 0.2) is 6.61 Å². The fourth-order valence-electron chi connectivity index (χ4n) is 7.20. The zero-order valence-corrected chi connectivity index (χ0v) is 19.6. The van der Waals surface area contributed by atoms with E-state index < -0.39 is 30.5 Å². The molecule has 4 saturated carbocycles. The van der Waals surface area contributed by atoms with Crippen molar-refractivity contribution in [3.63, 3.8) is 0 Å². The SMILES string of the molecule is COC(=O)c1cccc(NC(=O)COC(=O)C2CCCN2C(=O)C23CC4CC(CC(C4)C2)C3)c1. The predicted molar refractivity (Wildman–Crippen MR) is 123 cm³/mol. The largest absolute Gasteiger partial charge is 0.465 e. The van der Waals surface area contributed by atoms with Crippen LogP contribution in [0.4, 0.5) is 5.69 Å². The van der Waals surface area contributed by atoms with Gasteiger partial charge in [-0.15, -0.1) is 0 Å². The van der Waals surface area contributed by atoms with Gasteiger partial charge in [0, 0.05) is 12.2 Å². The molecule has 1 aliphatic heterocycles. The molecule has 1 atom stereocenters. The highest BCUT2D eigenvalue weighted by Gasteiger charge is 2.57. The highest BCUT2D eigenvalue weighted by atomic mass is 16.5. The molecule has 0 spiro atoms. The summed E-state index contributed by atoms with van der Waals surface area (Å²) in [5.41, 5.74) is 0.421. The van der Waals surface area contributed by atoms with Crippen LogP contribution in [0.2, 0.25) is 0 Å². The van der Waals surface area contributed by atoms with E-state index in [1.165, 1.54) is 32.4 Å².